The molecule has 1 fully saturated rings. The van der Waals surface area contributed by atoms with Crippen LogP contribution in [0.4, 0.5) is 4.79 Å². The average Bonchev–Trinajstić information content (AvgIpc) is 2.13. The average molecular weight is 144 g/mol. The largest absolute Gasteiger partial charge is 0.465 e. The molecule has 0 saturated heterocycles. The topological polar surface area (TPSA) is 75.3 Å². The molecular weight excluding hydrogens is 132 g/mol. The van der Waals surface area contributed by atoms with E-state index in [4.69, 9.17) is 10.8 Å². The van der Waals surface area contributed by atoms with Crippen molar-refractivity contribution >= 4 is 6.09 Å². The summed E-state index contributed by atoms with van der Waals surface area (Å²) in [6, 6.07) is 0.282. The predicted octanol–water partition coefficient (Wildman–Crippen LogP) is 0.134. The normalized spacial score (nSPS) is 32.1. The van der Waals surface area contributed by atoms with Crippen molar-refractivity contribution in [3.05, 3.63) is 0 Å². The standard InChI is InChI=1S/C6H12N2O2/c7-4-1-2-5(3-4)8-6(9)10/h4-5,8H,1-3,7H2,(H,9,10)/t4-,5+/m1/s1. The molecule has 0 spiro atoms. The van der Waals surface area contributed by atoms with Crippen LogP contribution in [0.3, 0.4) is 0 Å². The van der Waals surface area contributed by atoms with Gasteiger partial charge in [0.2, 0.25) is 0 Å². The number of nitrogens with one attached hydrogen (secondary N) is 1. The Kier molecular flexibility index (Phi) is 2.11. The van der Waals surface area contributed by atoms with Crippen molar-refractivity contribution in [3.63, 3.8) is 0 Å². The molecule has 0 aromatic carbocycles. The summed E-state index contributed by atoms with van der Waals surface area (Å²) in [6.45, 7) is 0. The third-order valence-electron chi connectivity index (χ3n) is 1.80. The molecule has 1 rings (SSSR count). The van der Waals surface area contributed by atoms with E-state index >= 15 is 0 Å². The van der Waals surface area contributed by atoms with Crippen LogP contribution in [0.25, 0.3) is 0 Å². The second-order valence-electron chi connectivity index (χ2n) is 2.72. The van der Waals surface area contributed by atoms with Crippen LogP contribution in [0.2, 0.25) is 0 Å². The molecule has 58 valence electrons. The van der Waals surface area contributed by atoms with Crippen LogP contribution in [-0.2, 0) is 0 Å². The molecule has 1 aliphatic rings. The lowest BCUT2D eigenvalue weighted by Crippen LogP contribution is -2.32. The number of carbonyl (C=O) groups is 1. The quantitative estimate of drug-likeness (QED) is 0.489. The molecule has 0 bridgehead atoms. The van der Waals surface area contributed by atoms with Crippen molar-refractivity contribution in [2.45, 2.75) is 31.3 Å². The van der Waals surface area contributed by atoms with Crippen LogP contribution in [0, 0.1) is 0 Å². The molecule has 0 radical (unpaired) electrons. The van der Waals surface area contributed by atoms with Crippen molar-refractivity contribution < 1.29 is 9.90 Å². The number of carboxylic acid groups (broad SMARTS) is 1. The van der Waals surface area contributed by atoms with E-state index in [-0.39, 0.29) is 12.1 Å². The highest BCUT2D eigenvalue weighted by atomic mass is 16.4. The van der Waals surface area contributed by atoms with E-state index in [9.17, 15) is 4.79 Å². The number of amides is 1. The highest BCUT2D eigenvalue weighted by molar-refractivity contribution is 5.64. The van der Waals surface area contributed by atoms with E-state index < -0.39 is 6.09 Å². The summed E-state index contributed by atoms with van der Waals surface area (Å²) >= 11 is 0. The van der Waals surface area contributed by atoms with Crippen LogP contribution >= 0.6 is 0 Å². The summed E-state index contributed by atoms with van der Waals surface area (Å²) in [6.07, 6.45) is 1.66. The highest BCUT2D eigenvalue weighted by Crippen LogP contribution is 2.16. The van der Waals surface area contributed by atoms with Gasteiger partial charge < -0.3 is 16.2 Å². The van der Waals surface area contributed by atoms with Gasteiger partial charge in [-0.05, 0) is 19.3 Å². The minimum absolute atomic E-state index is 0.0903. The summed E-state index contributed by atoms with van der Waals surface area (Å²) in [5.41, 5.74) is 5.57. The molecule has 4 nitrogen and oxygen atoms in total. The van der Waals surface area contributed by atoms with Crippen molar-refractivity contribution in [1.29, 1.82) is 0 Å². The molecule has 10 heavy (non-hydrogen) atoms. The molecule has 1 saturated carbocycles. The number of hydrogen-bond acceptors (Lipinski definition) is 2. The van der Waals surface area contributed by atoms with Gasteiger partial charge in [-0.3, -0.25) is 0 Å². The van der Waals surface area contributed by atoms with Crippen molar-refractivity contribution in [1.82, 2.24) is 5.32 Å². The Labute approximate surface area is 59.4 Å². The van der Waals surface area contributed by atoms with E-state index in [0.717, 1.165) is 19.3 Å². The molecule has 4 N–H and O–H groups in total. The fourth-order valence-electron chi connectivity index (χ4n) is 1.32. The van der Waals surface area contributed by atoms with E-state index in [1.807, 2.05) is 0 Å². The van der Waals surface area contributed by atoms with Gasteiger partial charge in [0, 0.05) is 12.1 Å². The summed E-state index contributed by atoms with van der Waals surface area (Å²) in [5, 5.41) is 10.7. The number of nitrogens with two attached hydrogens (primary N) is 1. The molecule has 4 heteroatoms. The number of rotatable bonds is 1. The maximum atomic E-state index is 10.1. The van der Waals surface area contributed by atoms with Crippen molar-refractivity contribution in [2.75, 3.05) is 0 Å². The summed E-state index contributed by atoms with van der Waals surface area (Å²) < 4.78 is 0. The van der Waals surface area contributed by atoms with Crippen LogP contribution in [-0.4, -0.2) is 23.3 Å². The van der Waals surface area contributed by atoms with E-state index in [2.05, 4.69) is 5.32 Å². The van der Waals surface area contributed by atoms with E-state index in [0.29, 0.717) is 0 Å². The van der Waals surface area contributed by atoms with Gasteiger partial charge >= 0.3 is 6.09 Å². The monoisotopic (exact) mass is 144 g/mol. The lowest BCUT2D eigenvalue weighted by molar-refractivity contribution is 0.190. The molecule has 0 heterocycles. The highest BCUT2D eigenvalue weighted by Gasteiger charge is 2.22. The van der Waals surface area contributed by atoms with Crippen LogP contribution in [0.15, 0.2) is 0 Å². The first-order chi connectivity index (χ1) is 4.68. The Morgan fingerprint density at radius 1 is 1.60 bits per heavy atom. The van der Waals surface area contributed by atoms with Crippen molar-refractivity contribution in [3.8, 4) is 0 Å². The second kappa shape index (κ2) is 2.88. The Morgan fingerprint density at radius 3 is 2.70 bits per heavy atom. The van der Waals surface area contributed by atoms with Gasteiger partial charge in [0.15, 0.2) is 0 Å². The number of hydrogen-bond donors (Lipinski definition) is 3. The SMILES string of the molecule is N[C@@H]1CC[C@H](NC(=O)O)C1. The summed E-state index contributed by atoms with van der Waals surface area (Å²) in [4.78, 5) is 10.1. The summed E-state index contributed by atoms with van der Waals surface area (Å²) in [7, 11) is 0. The third kappa shape index (κ3) is 1.88. The molecule has 1 amide bonds. The van der Waals surface area contributed by atoms with Crippen LogP contribution < -0.4 is 11.1 Å². The van der Waals surface area contributed by atoms with Gasteiger partial charge in [-0.2, -0.15) is 0 Å². The minimum Gasteiger partial charge on any atom is -0.465 e. The van der Waals surface area contributed by atoms with E-state index in [1.54, 1.807) is 0 Å². The third-order valence-corrected chi connectivity index (χ3v) is 1.80. The van der Waals surface area contributed by atoms with E-state index in [1.165, 1.54) is 0 Å². The molecule has 0 unspecified atom stereocenters. The van der Waals surface area contributed by atoms with Crippen LogP contribution in [0.1, 0.15) is 19.3 Å². The van der Waals surface area contributed by atoms with Gasteiger partial charge in [-0.25, -0.2) is 4.79 Å². The first-order valence-electron chi connectivity index (χ1n) is 3.43. The van der Waals surface area contributed by atoms with Crippen molar-refractivity contribution in [2.24, 2.45) is 5.73 Å². The zero-order chi connectivity index (χ0) is 7.56. The molecule has 0 aromatic heterocycles. The van der Waals surface area contributed by atoms with Gasteiger partial charge in [-0.1, -0.05) is 0 Å². The Balaban J connectivity index is 2.24. The molecule has 0 aromatic rings. The van der Waals surface area contributed by atoms with Gasteiger partial charge in [0.25, 0.3) is 0 Å². The lowest BCUT2D eigenvalue weighted by Gasteiger charge is -2.07. The maximum Gasteiger partial charge on any atom is 0.404 e. The van der Waals surface area contributed by atoms with Gasteiger partial charge in [0.1, 0.15) is 0 Å². The predicted molar refractivity (Wildman–Crippen MR) is 36.8 cm³/mol. The first-order valence-corrected chi connectivity index (χ1v) is 3.43. The minimum atomic E-state index is -0.945. The zero-order valence-corrected chi connectivity index (χ0v) is 5.71. The van der Waals surface area contributed by atoms with Gasteiger partial charge in [0.05, 0.1) is 0 Å². The Hall–Kier alpha value is -0.770. The van der Waals surface area contributed by atoms with Gasteiger partial charge in [-0.15, -0.1) is 0 Å². The molecular formula is C6H12N2O2. The summed E-state index contributed by atoms with van der Waals surface area (Å²) in [5.74, 6) is 0. The first kappa shape index (κ1) is 7.34. The fraction of sp³-hybridized carbons (Fsp3) is 0.833. The smallest absolute Gasteiger partial charge is 0.404 e. The lowest BCUT2D eigenvalue weighted by atomic mass is 10.2. The second-order valence-corrected chi connectivity index (χ2v) is 2.72. The Bertz CT molecular complexity index is 138. The Morgan fingerprint density at radius 2 is 2.30 bits per heavy atom. The molecule has 2 atom stereocenters. The zero-order valence-electron chi connectivity index (χ0n) is 5.71. The fourth-order valence-corrected chi connectivity index (χ4v) is 1.32. The van der Waals surface area contributed by atoms with Crippen LogP contribution in [0.5, 0.6) is 0 Å². The maximum absolute atomic E-state index is 10.1. The molecule has 0 aliphatic heterocycles. The molecule has 1 aliphatic carbocycles.